The smallest absolute Gasteiger partial charge is 0.123 e. The van der Waals surface area contributed by atoms with Crippen molar-refractivity contribution in [3.05, 3.63) is 24.3 Å². The van der Waals surface area contributed by atoms with Gasteiger partial charge in [-0.25, -0.2) is 0 Å². The van der Waals surface area contributed by atoms with Gasteiger partial charge in [0, 0.05) is 12.6 Å². The number of benzene rings is 1. The van der Waals surface area contributed by atoms with Gasteiger partial charge in [-0.05, 0) is 19.1 Å². The van der Waals surface area contributed by atoms with Crippen LogP contribution in [-0.4, -0.2) is 26.3 Å². The highest BCUT2D eigenvalue weighted by Gasteiger charge is 2.03. The van der Waals surface area contributed by atoms with E-state index in [0.29, 0.717) is 6.54 Å². The molecule has 0 aliphatic rings. The second-order valence-corrected chi connectivity index (χ2v) is 3.44. The second kappa shape index (κ2) is 6.76. The molecule has 16 heavy (non-hydrogen) atoms. The molecule has 0 saturated carbocycles. The summed E-state index contributed by atoms with van der Waals surface area (Å²) in [5.41, 5.74) is 0. The normalized spacial score (nSPS) is 11.6. The Balaban J connectivity index is 2.43. The van der Waals surface area contributed by atoms with Gasteiger partial charge in [0.2, 0.25) is 0 Å². The lowest BCUT2D eigenvalue weighted by Crippen LogP contribution is -2.29. The molecule has 0 aromatic heterocycles. The Morgan fingerprint density at radius 2 is 2.19 bits per heavy atom. The Hall–Kier alpha value is -1.66. The van der Waals surface area contributed by atoms with Gasteiger partial charge in [0.05, 0.1) is 13.7 Å². The fraction of sp³-hybridized carbons (Fsp3) is 0.385. The van der Waals surface area contributed by atoms with Crippen LogP contribution in [0.2, 0.25) is 0 Å². The Labute approximate surface area is 96.8 Å². The predicted molar refractivity (Wildman–Crippen MR) is 64.8 cm³/mol. The van der Waals surface area contributed by atoms with Crippen molar-refractivity contribution in [1.82, 2.24) is 5.32 Å². The molecular formula is C13H17NO2. The first kappa shape index (κ1) is 12.4. The minimum atomic E-state index is 0.0699. The number of terminal acetylenes is 1. The summed E-state index contributed by atoms with van der Waals surface area (Å²) in [4.78, 5) is 0. The van der Waals surface area contributed by atoms with Gasteiger partial charge in [-0.3, -0.25) is 0 Å². The second-order valence-electron chi connectivity index (χ2n) is 3.44. The van der Waals surface area contributed by atoms with E-state index in [9.17, 15) is 0 Å². The molecule has 1 rings (SSSR count). The summed E-state index contributed by atoms with van der Waals surface area (Å²) in [6, 6.07) is 7.54. The Morgan fingerprint density at radius 1 is 1.44 bits per heavy atom. The van der Waals surface area contributed by atoms with Crippen LogP contribution in [0.1, 0.15) is 6.92 Å². The monoisotopic (exact) mass is 219 g/mol. The molecule has 3 heteroatoms. The molecule has 0 bridgehead atoms. The number of hydrogen-bond acceptors (Lipinski definition) is 3. The third-order valence-electron chi connectivity index (χ3n) is 2.04. The lowest BCUT2D eigenvalue weighted by Gasteiger charge is -2.15. The quantitative estimate of drug-likeness (QED) is 0.583. The van der Waals surface area contributed by atoms with E-state index in [1.54, 1.807) is 7.11 Å². The van der Waals surface area contributed by atoms with Crippen molar-refractivity contribution in [2.24, 2.45) is 0 Å². The molecule has 0 aliphatic carbocycles. The first-order valence-electron chi connectivity index (χ1n) is 5.21. The lowest BCUT2D eigenvalue weighted by molar-refractivity contribution is 0.218. The third-order valence-corrected chi connectivity index (χ3v) is 2.04. The zero-order chi connectivity index (χ0) is 11.8. The molecule has 0 amide bonds. The summed E-state index contributed by atoms with van der Waals surface area (Å²) in [5.74, 6) is 4.11. The number of rotatable bonds is 6. The molecule has 0 fully saturated rings. The van der Waals surface area contributed by atoms with Crippen LogP contribution < -0.4 is 14.8 Å². The van der Waals surface area contributed by atoms with Gasteiger partial charge in [-0.15, -0.1) is 6.42 Å². The summed E-state index contributed by atoms with van der Waals surface area (Å²) in [5, 5.41) is 3.09. The van der Waals surface area contributed by atoms with E-state index < -0.39 is 0 Å². The van der Waals surface area contributed by atoms with Gasteiger partial charge in [0.1, 0.15) is 17.6 Å². The van der Waals surface area contributed by atoms with Crippen molar-refractivity contribution < 1.29 is 9.47 Å². The van der Waals surface area contributed by atoms with Gasteiger partial charge >= 0.3 is 0 Å². The Morgan fingerprint density at radius 3 is 2.88 bits per heavy atom. The standard InChI is InChI=1S/C13H17NO2/c1-4-8-14-10-11(2)16-13-7-5-6-12(9-13)15-3/h1,5-7,9,11,14H,8,10H2,2-3H3. The van der Waals surface area contributed by atoms with E-state index in [1.807, 2.05) is 31.2 Å². The highest BCUT2D eigenvalue weighted by molar-refractivity contribution is 5.32. The van der Waals surface area contributed by atoms with Gasteiger partial charge in [-0.1, -0.05) is 12.0 Å². The first-order valence-corrected chi connectivity index (χ1v) is 5.21. The highest BCUT2D eigenvalue weighted by atomic mass is 16.5. The molecule has 86 valence electrons. The summed E-state index contributed by atoms with van der Waals surface area (Å²) >= 11 is 0. The van der Waals surface area contributed by atoms with Crippen LogP contribution in [0.25, 0.3) is 0 Å². The first-order chi connectivity index (χ1) is 7.76. The van der Waals surface area contributed by atoms with Crippen molar-refractivity contribution in [2.75, 3.05) is 20.2 Å². The third kappa shape index (κ3) is 4.24. The Kier molecular flexibility index (Phi) is 5.24. The molecule has 1 atom stereocenters. The maximum Gasteiger partial charge on any atom is 0.123 e. The molecule has 0 spiro atoms. The molecule has 0 heterocycles. The minimum Gasteiger partial charge on any atom is -0.497 e. The van der Waals surface area contributed by atoms with Crippen LogP contribution >= 0.6 is 0 Å². The van der Waals surface area contributed by atoms with E-state index >= 15 is 0 Å². The van der Waals surface area contributed by atoms with E-state index in [2.05, 4.69) is 11.2 Å². The maximum atomic E-state index is 5.69. The summed E-state index contributed by atoms with van der Waals surface area (Å²) < 4.78 is 10.8. The molecule has 3 nitrogen and oxygen atoms in total. The molecular weight excluding hydrogens is 202 g/mol. The zero-order valence-electron chi connectivity index (χ0n) is 9.69. The maximum absolute atomic E-state index is 5.69. The fourth-order valence-electron chi connectivity index (χ4n) is 1.30. The molecule has 1 aromatic carbocycles. The zero-order valence-corrected chi connectivity index (χ0v) is 9.69. The summed E-state index contributed by atoms with van der Waals surface area (Å²) in [6.45, 7) is 3.27. The number of ether oxygens (including phenoxy) is 2. The molecule has 1 N–H and O–H groups in total. The number of hydrogen-bond donors (Lipinski definition) is 1. The summed E-state index contributed by atoms with van der Waals surface area (Å²) in [7, 11) is 1.64. The number of methoxy groups -OCH3 is 1. The van der Waals surface area contributed by atoms with Crippen LogP contribution in [0.4, 0.5) is 0 Å². The minimum absolute atomic E-state index is 0.0699. The van der Waals surface area contributed by atoms with Crippen molar-refractivity contribution in [1.29, 1.82) is 0 Å². The van der Waals surface area contributed by atoms with Crippen LogP contribution in [0, 0.1) is 12.3 Å². The van der Waals surface area contributed by atoms with Crippen LogP contribution in [0.15, 0.2) is 24.3 Å². The lowest BCUT2D eigenvalue weighted by atomic mass is 10.3. The van der Waals surface area contributed by atoms with E-state index in [0.717, 1.165) is 18.0 Å². The average Bonchev–Trinajstić information content (AvgIpc) is 2.29. The molecule has 0 saturated heterocycles. The van der Waals surface area contributed by atoms with Gasteiger partial charge in [0.15, 0.2) is 0 Å². The van der Waals surface area contributed by atoms with Crippen LogP contribution in [0.3, 0.4) is 0 Å². The van der Waals surface area contributed by atoms with Gasteiger partial charge < -0.3 is 14.8 Å². The predicted octanol–water partition coefficient (Wildman–Crippen LogP) is 1.69. The topological polar surface area (TPSA) is 30.5 Å². The van der Waals surface area contributed by atoms with Crippen LogP contribution in [-0.2, 0) is 0 Å². The highest BCUT2D eigenvalue weighted by Crippen LogP contribution is 2.19. The van der Waals surface area contributed by atoms with Crippen molar-refractivity contribution in [3.8, 4) is 23.8 Å². The number of nitrogens with one attached hydrogen (secondary N) is 1. The summed E-state index contributed by atoms with van der Waals surface area (Å²) in [6.07, 6.45) is 5.21. The van der Waals surface area contributed by atoms with Crippen molar-refractivity contribution in [3.63, 3.8) is 0 Å². The van der Waals surface area contributed by atoms with Gasteiger partial charge in [0.25, 0.3) is 0 Å². The van der Waals surface area contributed by atoms with E-state index in [1.165, 1.54) is 0 Å². The van der Waals surface area contributed by atoms with E-state index in [-0.39, 0.29) is 6.10 Å². The van der Waals surface area contributed by atoms with Crippen molar-refractivity contribution >= 4 is 0 Å². The molecule has 0 radical (unpaired) electrons. The van der Waals surface area contributed by atoms with Gasteiger partial charge in [-0.2, -0.15) is 0 Å². The van der Waals surface area contributed by atoms with Crippen LogP contribution in [0.5, 0.6) is 11.5 Å². The fourth-order valence-corrected chi connectivity index (χ4v) is 1.30. The SMILES string of the molecule is C#CCNCC(C)Oc1cccc(OC)c1. The van der Waals surface area contributed by atoms with E-state index in [4.69, 9.17) is 15.9 Å². The largest absolute Gasteiger partial charge is 0.497 e. The molecule has 1 unspecified atom stereocenters. The van der Waals surface area contributed by atoms with Crippen molar-refractivity contribution in [2.45, 2.75) is 13.0 Å². The average molecular weight is 219 g/mol. The Bertz CT molecular complexity index is 357. The molecule has 1 aromatic rings. The molecule has 0 aliphatic heterocycles.